The van der Waals surface area contributed by atoms with Gasteiger partial charge in [0.25, 0.3) is 0 Å². The molecule has 0 unspecified atom stereocenters. The van der Waals surface area contributed by atoms with E-state index in [2.05, 4.69) is 18.4 Å². The van der Waals surface area contributed by atoms with Crippen LogP contribution in [0.4, 0.5) is 0 Å². The summed E-state index contributed by atoms with van der Waals surface area (Å²) in [6.45, 7) is 7.14. The largest absolute Gasteiger partial charge is 0.332 e. The van der Waals surface area contributed by atoms with Crippen LogP contribution in [0.3, 0.4) is 0 Å². The van der Waals surface area contributed by atoms with Crippen molar-refractivity contribution in [1.29, 1.82) is 0 Å². The molecule has 0 saturated carbocycles. The van der Waals surface area contributed by atoms with Gasteiger partial charge < -0.3 is 4.57 Å². The van der Waals surface area contributed by atoms with Crippen molar-refractivity contribution in [3.05, 3.63) is 0 Å². The lowest BCUT2D eigenvalue weighted by Gasteiger charge is -2.14. The molecule has 0 aliphatic rings. The Bertz CT molecular complexity index is 56.9. The van der Waals surface area contributed by atoms with Gasteiger partial charge in [-0.2, -0.15) is 0 Å². The van der Waals surface area contributed by atoms with E-state index in [1.807, 2.05) is 0 Å². The first kappa shape index (κ1) is 9.18. The van der Waals surface area contributed by atoms with Gasteiger partial charge in [-0.05, 0) is 25.9 Å². The van der Waals surface area contributed by atoms with Crippen molar-refractivity contribution in [1.82, 2.24) is 4.57 Å². The average molecular weight is 145 g/mol. The average Bonchev–Trinajstić information content (AvgIpc) is 1.85. The molecule has 2 heteroatoms. The van der Waals surface area contributed by atoms with E-state index in [-0.39, 0.29) is 0 Å². The van der Waals surface area contributed by atoms with Crippen LogP contribution in [-0.2, 0) is 0 Å². The number of hydrogen-bond donors (Lipinski definition) is 0. The van der Waals surface area contributed by atoms with Crippen molar-refractivity contribution in [2.45, 2.75) is 33.1 Å². The molecule has 0 aliphatic carbocycles. The fourth-order valence-corrected chi connectivity index (χ4v) is 1.68. The first-order valence-electron chi connectivity index (χ1n) is 3.99. The molecule has 0 N–H and O–H groups in total. The van der Waals surface area contributed by atoms with E-state index >= 15 is 0 Å². The maximum absolute atomic E-state index is 2.53. The third-order valence-corrected chi connectivity index (χ3v) is 2.39. The topological polar surface area (TPSA) is 3.24 Å². The van der Waals surface area contributed by atoms with Crippen LogP contribution < -0.4 is 0 Å². The summed E-state index contributed by atoms with van der Waals surface area (Å²) in [4.78, 5) is 0. The SMILES string of the molecule is CCCCN([SiH3])CCC. The zero-order chi connectivity index (χ0) is 7.11. The quantitative estimate of drug-likeness (QED) is 0.517. The molecule has 0 aromatic rings. The Kier molecular flexibility index (Phi) is 6.42. The van der Waals surface area contributed by atoms with Gasteiger partial charge in [0, 0.05) is 0 Å². The van der Waals surface area contributed by atoms with E-state index in [4.69, 9.17) is 0 Å². The van der Waals surface area contributed by atoms with Gasteiger partial charge in [0.15, 0.2) is 0 Å². The van der Waals surface area contributed by atoms with Gasteiger partial charge in [-0.15, -0.1) is 0 Å². The second kappa shape index (κ2) is 6.30. The zero-order valence-corrected chi connectivity index (χ0v) is 8.98. The molecule has 0 saturated heterocycles. The molecule has 0 rings (SSSR count). The molecule has 1 nitrogen and oxygen atoms in total. The summed E-state index contributed by atoms with van der Waals surface area (Å²) in [7, 11) is 1.25. The summed E-state index contributed by atoms with van der Waals surface area (Å²) in [5, 5.41) is 0. The van der Waals surface area contributed by atoms with E-state index in [0.717, 1.165) is 0 Å². The van der Waals surface area contributed by atoms with Crippen molar-refractivity contribution in [3.8, 4) is 0 Å². The second-order valence-corrected chi connectivity index (χ2v) is 3.92. The molecule has 0 atom stereocenters. The van der Waals surface area contributed by atoms with Crippen LogP contribution in [0.2, 0.25) is 0 Å². The summed E-state index contributed by atoms with van der Waals surface area (Å²) in [5.41, 5.74) is 0. The number of rotatable bonds is 5. The number of unbranched alkanes of at least 4 members (excludes halogenated alkanes) is 1. The normalized spacial score (nSPS) is 11.0. The van der Waals surface area contributed by atoms with Crippen LogP contribution >= 0.6 is 0 Å². The minimum atomic E-state index is 1.25. The molecule has 0 spiro atoms. The monoisotopic (exact) mass is 145 g/mol. The Morgan fingerprint density at radius 2 is 1.78 bits per heavy atom. The van der Waals surface area contributed by atoms with Crippen molar-refractivity contribution < 1.29 is 0 Å². The lowest BCUT2D eigenvalue weighted by Crippen LogP contribution is -2.21. The highest BCUT2D eigenvalue weighted by Gasteiger charge is 1.92. The van der Waals surface area contributed by atoms with Crippen molar-refractivity contribution in [2.24, 2.45) is 0 Å². The predicted octanol–water partition coefficient (Wildman–Crippen LogP) is 0.779. The molecule has 0 aromatic heterocycles. The van der Waals surface area contributed by atoms with E-state index < -0.39 is 0 Å². The molecule has 9 heavy (non-hydrogen) atoms. The fraction of sp³-hybridized carbons (Fsp3) is 1.00. The molecule has 0 heterocycles. The van der Waals surface area contributed by atoms with Gasteiger partial charge in [0.05, 0.1) is 10.4 Å². The van der Waals surface area contributed by atoms with Crippen molar-refractivity contribution >= 4 is 10.4 Å². The Labute approximate surface area is 61.9 Å². The number of nitrogens with zero attached hydrogens (tertiary/aromatic N) is 1. The molecule has 0 bridgehead atoms. The lowest BCUT2D eigenvalue weighted by atomic mass is 10.3. The highest BCUT2D eigenvalue weighted by molar-refractivity contribution is 6.04. The summed E-state index contributed by atoms with van der Waals surface area (Å²) < 4.78 is 2.53. The van der Waals surface area contributed by atoms with E-state index in [0.29, 0.717) is 0 Å². The van der Waals surface area contributed by atoms with Crippen LogP contribution in [0.25, 0.3) is 0 Å². The molecular formula is C7H19NSi. The smallest absolute Gasteiger partial charge is 0.0784 e. The molecule has 0 amide bonds. The Morgan fingerprint density at radius 3 is 2.22 bits per heavy atom. The van der Waals surface area contributed by atoms with Gasteiger partial charge in [-0.1, -0.05) is 20.3 Å². The lowest BCUT2D eigenvalue weighted by molar-refractivity contribution is 0.439. The molecule has 56 valence electrons. The maximum atomic E-state index is 2.53. The van der Waals surface area contributed by atoms with Gasteiger partial charge >= 0.3 is 0 Å². The predicted molar refractivity (Wildman–Crippen MR) is 46.7 cm³/mol. The minimum absolute atomic E-state index is 1.25. The number of hydrogen-bond acceptors (Lipinski definition) is 1. The van der Waals surface area contributed by atoms with Crippen molar-refractivity contribution in [2.75, 3.05) is 13.1 Å². The van der Waals surface area contributed by atoms with E-state index in [1.54, 1.807) is 0 Å². The standard InChI is InChI=1S/C7H19NSi/c1-3-5-7-8(9)6-4-2/h3-7H2,1-2,9H3. The minimum Gasteiger partial charge on any atom is -0.332 e. The molecule has 0 aromatic carbocycles. The molecule has 0 radical (unpaired) electrons. The maximum Gasteiger partial charge on any atom is 0.0784 e. The first-order valence-corrected chi connectivity index (χ1v) is 4.89. The van der Waals surface area contributed by atoms with Gasteiger partial charge in [0.2, 0.25) is 0 Å². The van der Waals surface area contributed by atoms with Gasteiger partial charge in [-0.25, -0.2) is 0 Å². The Balaban J connectivity index is 2.95. The first-order chi connectivity index (χ1) is 4.31. The molecule has 0 fully saturated rings. The van der Waals surface area contributed by atoms with Crippen LogP contribution in [0.15, 0.2) is 0 Å². The van der Waals surface area contributed by atoms with Crippen molar-refractivity contribution in [3.63, 3.8) is 0 Å². The third kappa shape index (κ3) is 6.06. The highest BCUT2D eigenvalue weighted by Crippen LogP contribution is 1.91. The zero-order valence-electron chi connectivity index (χ0n) is 6.98. The van der Waals surface area contributed by atoms with E-state index in [1.165, 1.54) is 42.8 Å². The van der Waals surface area contributed by atoms with Crippen LogP contribution in [-0.4, -0.2) is 28.1 Å². The summed E-state index contributed by atoms with van der Waals surface area (Å²) in [5.74, 6) is 0. The van der Waals surface area contributed by atoms with Crippen LogP contribution in [0, 0.1) is 0 Å². The van der Waals surface area contributed by atoms with Gasteiger partial charge in [0.1, 0.15) is 0 Å². The Hall–Kier alpha value is 0.177. The summed E-state index contributed by atoms with van der Waals surface area (Å²) in [6.07, 6.45) is 4.03. The molecule has 0 aliphatic heterocycles. The summed E-state index contributed by atoms with van der Waals surface area (Å²) >= 11 is 0. The van der Waals surface area contributed by atoms with E-state index in [9.17, 15) is 0 Å². The van der Waals surface area contributed by atoms with Gasteiger partial charge in [-0.3, -0.25) is 0 Å². The fourth-order valence-electron chi connectivity index (χ4n) is 0.922. The third-order valence-electron chi connectivity index (χ3n) is 1.50. The Morgan fingerprint density at radius 1 is 1.11 bits per heavy atom. The second-order valence-electron chi connectivity index (χ2n) is 2.66. The van der Waals surface area contributed by atoms with Crippen LogP contribution in [0.5, 0.6) is 0 Å². The molecular weight excluding hydrogens is 126 g/mol. The highest BCUT2D eigenvalue weighted by atomic mass is 28.2. The summed E-state index contributed by atoms with van der Waals surface area (Å²) in [6, 6.07) is 0. The van der Waals surface area contributed by atoms with Crippen LogP contribution in [0.1, 0.15) is 33.1 Å².